The lowest BCUT2D eigenvalue weighted by molar-refractivity contribution is -0.142. The van der Waals surface area contributed by atoms with Crippen molar-refractivity contribution in [2.45, 2.75) is 31.4 Å². The Hall–Kier alpha value is -1.82. The molecule has 4 rings (SSSR count). The fourth-order valence-electron chi connectivity index (χ4n) is 4.24. The lowest BCUT2D eigenvalue weighted by atomic mass is 9.79. The minimum absolute atomic E-state index is 0.129. The number of alkyl halides is 1. The van der Waals surface area contributed by atoms with Crippen molar-refractivity contribution >= 4 is 11.6 Å². The van der Waals surface area contributed by atoms with Crippen LogP contribution in [0.15, 0.2) is 24.3 Å². The molecule has 0 bridgehead atoms. The van der Waals surface area contributed by atoms with Gasteiger partial charge in [0, 0.05) is 37.3 Å². The highest BCUT2D eigenvalue weighted by Crippen LogP contribution is 2.43. The zero-order chi connectivity index (χ0) is 18.2. The Kier molecular flexibility index (Phi) is 4.55. The van der Waals surface area contributed by atoms with Crippen LogP contribution in [0.2, 0.25) is 0 Å². The van der Waals surface area contributed by atoms with Crippen LogP contribution >= 0.6 is 0 Å². The van der Waals surface area contributed by atoms with E-state index in [1.54, 1.807) is 12.0 Å². The summed E-state index contributed by atoms with van der Waals surface area (Å²) in [4.78, 5) is 16.6. The third kappa shape index (κ3) is 3.39. The summed E-state index contributed by atoms with van der Waals surface area (Å²) in [7, 11) is 1.66. The Labute approximate surface area is 154 Å². The number of amides is 1. The van der Waals surface area contributed by atoms with Gasteiger partial charge >= 0.3 is 0 Å². The number of benzene rings is 1. The van der Waals surface area contributed by atoms with Gasteiger partial charge in [-0.15, -0.1) is 0 Å². The molecule has 1 aliphatic carbocycles. The van der Waals surface area contributed by atoms with Crippen LogP contribution in [0, 0.1) is 5.41 Å². The van der Waals surface area contributed by atoms with Gasteiger partial charge in [0.2, 0.25) is 0 Å². The van der Waals surface area contributed by atoms with Gasteiger partial charge in [-0.25, -0.2) is 4.39 Å². The first-order valence-corrected chi connectivity index (χ1v) is 9.49. The molecule has 1 aromatic rings. The van der Waals surface area contributed by atoms with Gasteiger partial charge in [0.1, 0.15) is 5.75 Å². The number of hydrogen-bond donors (Lipinski definition) is 0. The van der Waals surface area contributed by atoms with E-state index in [2.05, 4.69) is 17.0 Å². The van der Waals surface area contributed by atoms with Gasteiger partial charge in [0.15, 0.2) is 5.67 Å². The summed E-state index contributed by atoms with van der Waals surface area (Å²) in [5.41, 5.74) is -0.585. The molecule has 1 spiro atoms. The number of rotatable bonds is 3. The number of likely N-dealkylation sites (tertiary alicyclic amines) is 1. The molecule has 0 radical (unpaired) electrons. The molecular formula is C20H27FN2O3. The van der Waals surface area contributed by atoms with Crippen LogP contribution in [-0.2, 0) is 9.53 Å². The van der Waals surface area contributed by atoms with Crippen molar-refractivity contribution in [1.29, 1.82) is 0 Å². The van der Waals surface area contributed by atoms with Gasteiger partial charge in [0.05, 0.1) is 20.3 Å². The van der Waals surface area contributed by atoms with E-state index in [4.69, 9.17) is 9.47 Å². The van der Waals surface area contributed by atoms with Crippen LogP contribution in [0.3, 0.4) is 0 Å². The van der Waals surface area contributed by atoms with Gasteiger partial charge < -0.3 is 19.3 Å². The van der Waals surface area contributed by atoms with Crippen LogP contribution in [0.1, 0.15) is 25.7 Å². The highest BCUT2D eigenvalue weighted by molar-refractivity contribution is 5.88. The Balaban J connectivity index is 1.51. The zero-order valence-corrected chi connectivity index (χ0v) is 15.4. The summed E-state index contributed by atoms with van der Waals surface area (Å²) in [6, 6.07) is 8.05. The largest absolute Gasteiger partial charge is 0.497 e. The van der Waals surface area contributed by atoms with Crippen LogP contribution in [-0.4, -0.2) is 63.0 Å². The predicted octanol–water partition coefficient (Wildman–Crippen LogP) is 2.64. The Morgan fingerprint density at radius 3 is 2.62 bits per heavy atom. The number of carbonyl (C=O) groups excluding carboxylic acids is 1. The average Bonchev–Trinajstić information content (AvgIpc) is 3.45. The van der Waals surface area contributed by atoms with E-state index in [-0.39, 0.29) is 11.3 Å². The lowest BCUT2D eigenvalue weighted by Crippen LogP contribution is -2.54. The number of anilines is 1. The summed E-state index contributed by atoms with van der Waals surface area (Å²) in [5, 5.41) is 0. The van der Waals surface area contributed by atoms with E-state index in [1.165, 1.54) is 0 Å². The molecule has 1 unspecified atom stereocenters. The number of methoxy groups -OCH3 is 1. The van der Waals surface area contributed by atoms with E-state index >= 15 is 0 Å². The molecule has 1 saturated carbocycles. The highest BCUT2D eigenvalue weighted by Gasteiger charge is 2.54. The maximum absolute atomic E-state index is 14.3. The molecule has 1 atom stereocenters. The number of piperidine rings is 1. The first-order chi connectivity index (χ1) is 12.5. The molecule has 1 aromatic carbocycles. The van der Waals surface area contributed by atoms with Crippen molar-refractivity contribution in [2.75, 3.05) is 51.4 Å². The second kappa shape index (κ2) is 6.72. The van der Waals surface area contributed by atoms with E-state index in [0.29, 0.717) is 39.1 Å². The van der Waals surface area contributed by atoms with Gasteiger partial charge in [-0.3, -0.25) is 4.79 Å². The van der Waals surface area contributed by atoms with Crippen molar-refractivity contribution in [1.82, 2.24) is 4.90 Å². The first kappa shape index (κ1) is 17.6. The van der Waals surface area contributed by atoms with Crippen LogP contribution in [0.5, 0.6) is 5.75 Å². The number of halogens is 1. The van der Waals surface area contributed by atoms with E-state index < -0.39 is 5.67 Å². The molecular weight excluding hydrogens is 335 g/mol. The second-order valence-electron chi connectivity index (χ2n) is 7.97. The molecule has 0 aromatic heterocycles. The molecule has 2 saturated heterocycles. The number of carbonyl (C=O) groups is 1. The number of nitrogens with zero attached hydrogens (tertiary/aromatic N) is 2. The molecule has 0 N–H and O–H groups in total. The topological polar surface area (TPSA) is 42.0 Å². The summed E-state index contributed by atoms with van der Waals surface area (Å²) >= 11 is 0. The van der Waals surface area contributed by atoms with Crippen molar-refractivity contribution in [3.63, 3.8) is 0 Å². The van der Waals surface area contributed by atoms with Crippen molar-refractivity contribution in [2.24, 2.45) is 5.41 Å². The van der Waals surface area contributed by atoms with Gasteiger partial charge in [-0.2, -0.15) is 0 Å². The van der Waals surface area contributed by atoms with Crippen LogP contribution in [0.25, 0.3) is 0 Å². The van der Waals surface area contributed by atoms with Gasteiger partial charge in [0.25, 0.3) is 5.91 Å². The Morgan fingerprint density at radius 1 is 1.15 bits per heavy atom. The van der Waals surface area contributed by atoms with Crippen molar-refractivity contribution in [3.05, 3.63) is 24.3 Å². The Morgan fingerprint density at radius 2 is 1.92 bits per heavy atom. The normalized spacial score (nSPS) is 27.9. The molecule has 2 heterocycles. The summed E-state index contributed by atoms with van der Waals surface area (Å²) in [5.74, 6) is 0.526. The molecule has 26 heavy (non-hydrogen) atoms. The second-order valence-corrected chi connectivity index (χ2v) is 7.97. The number of ether oxygens (including phenoxy) is 2. The molecule has 5 nitrogen and oxygen atoms in total. The summed E-state index contributed by atoms with van der Waals surface area (Å²) in [6.07, 6.45) is 2.66. The molecule has 6 heteroatoms. The minimum atomic E-state index is -1.58. The van der Waals surface area contributed by atoms with Crippen molar-refractivity contribution < 1.29 is 18.7 Å². The first-order valence-electron chi connectivity index (χ1n) is 9.49. The predicted molar refractivity (Wildman–Crippen MR) is 97.3 cm³/mol. The minimum Gasteiger partial charge on any atom is -0.497 e. The SMILES string of the molecule is COc1ccc(N2CCOCC3(CCCN(C(=O)C4(F)CC4)C3)C2)cc1. The lowest BCUT2D eigenvalue weighted by Gasteiger charge is -2.44. The van der Waals surface area contributed by atoms with E-state index in [1.807, 2.05) is 12.1 Å². The average molecular weight is 362 g/mol. The summed E-state index contributed by atoms with van der Waals surface area (Å²) in [6.45, 7) is 4.17. The maximum Gasteiger partial charge on any atom is 0.260 e. The molecule has 142 valence electrons. The van der Waals surface area contributed by atoms with E-state index in [0.717, 1.165) is 37.4 Å². The third-order valence-electron chi connectivity index (χ3n) is 5.90. The number of hydrogen-bond acceptors (Lipinski definition) is 4. The third-order valence-corrected chi connectivity index (χ3v) is 5.90. The van der Waals surface area contributed by atoms with Crippen molar-refractivity contribution in [3.8, 4) is 5.75 Å². The van der Waals surface area contributed by atoms with Gasteiger partial charge in [-0.1, -0.05) is 0 Å². The Bertz CT molecular complexity index is 662. The highest BCUT2D eigenvalue weighted by atomic mass is 19.1. The standard InChI is InChI=1S/C20H27FN2O3/c1-25-17-5-3-16(4-6-17)22-11-12-26-15-19(13-22)7-2-10-23(14-19)18(24)20(21)8-9-20/h3-6H,2,7-15H2,1H3. The molecule has 3 aliphatic rings. The maximum atomic E-state index is 14.3. The fourth-order valence-corrected chi connectivity index (χ4v) is 4.24. The van der Waals surface area contributed by atoms with E-state index in [9.17, 15) is 9.18 Å². The molecule has 2 aliphatic heterocycles. The smallest absolute Gasteiger partial charge is 0.260 e. The quantitative estimate of drug-likeness (QED) is 0.829. The molecule has 1 amide bonds. The monoisotopic (exact) mass is 362 g/mol. The fraction of sp³-hybridized carbons (Fsp3) is 0.650. The van der Waals surface area contributed by atoms with Crippen LogP contribution in [0.4, 0.5) is 10.1 Å². The van der Waals surface area contributed by atoms with Gasteiger partial charge in [-0.05, 0) is 49.9 Å². The summed E-state index contributed by atoms with van der Waals surface area (Å²) < 4.78 is 25.4. The molecule has 3 fully saturated rings. The zero-order valence-electron chi connectivity index (χ0n) is 15.4. The van der Waals surface area contributed by atoms with Crippen LogP contribution < -0.4 is 9.64 Å².